The lowest BCUT2D eigenvalue weighted by molar-refractivity contribution is 0.104. The first kappa shape index (κ1) is 14.1. The molecule has 0 aliphatic carbocycles. The van der Waals surface area contributed by atoms with E-state index in [9.17, 15) is 5.11 Å². The van der Waals surface area contributed by atoms with Crippen LogP contribution in [0.3, 0.4) is 0 Å². The van der Waals surface area contributed by atoms with Crippen molar-refractivity contribution < 1.29 is 5.11 Å². The summed E-state index contributed by atoms with van der Waals surface area (Å²) in [7, 11) is 0. The van der Waals surface area contributed by atoms with Gasteiger partial charge in [0.1, 0.15) is 5.60 Å². The van der Waals surface area contributed by atoms with E-state index < -0.39 is 5.60 Å². The van der Waals surface area contributed by atoms with Crippen molar-refractivity contribution in [2.75, 3.05) is 0 Å². The normalized spacial score (nSPS) is 14.4. The van der Waals surface area contributed by atoms with E-state index in [2.05, 4.69) is 28.1 Å². The Labute approximate surface area is 135 Å². The van der Waals surface area contributed by atoms with Gasteiger partial charge in [0.25, 0.3) is 0 Å². The number of rotatable bonds is 2. The molecule has 1 aromatic heterocycles. The number of halogens is 2. The topological polar surface area (TPSA) is 20.2 Å². The lowest BCUT2D eigenvalue weighted by atomic mass is 9.87. The van der Waals surface area contributed by atoms with Crippen LogP contribution in [0.5, 0.6) is 0 Å². The molecule has 1 atom stereocenters. The fourth-order valence-electron chi connectivity index (χ4n) is 2.41. The molecule has 20 heavy (non-hydrogen) atoms. The number of benzene rings is 2. The maximum atomic E-state index is 11.1. The van der Waals surface area contributed by atoms with Crippen LogP contribution in [-0.2, 0) is 5.60 Å². The van der Waals surface area contributed by atoms with E-state index >= 15 is 0 Å². The van der Waals surface area contributed by atoms with Crippen LogP contribution < -0.4 is 0 Å². The Morgan fingerprint density at radius 3 is 2.70 bits per heavy atom. The first-order valence-corrected chi connectivity index (χ1v) is 8.20. The summed E-state index contributed by atoms with van der Waals surface area (Å²) in [6.45, 7) is 1.79. The highest BCUT2D eigenvalue weighted by Crippen LogP contribution is 2.39. The molecule has 2 aromatic carbocycles. The molecule has 0 spiro atoms. The van der Waals surface area contributed by atoms with Gasteiger partial charge in [0.2, 0.25) is 0 Å². The number of fused-ring (bicyclic) bond motifs is 1. The van der Waals surface area contributed by atoms with Gasteiger partial charge in [-0.15, -0.1) is 11.3 Å². The van der Waals surface area contributed by atoms with Gasteiger partial charge in [-0.2, -0.15) is 0 Å². The van der Waals surface area contributed by atoms with Crippen LogP contribution in [0.4, 0.5) is 0 Å². The minimum absolute atomic E-state index is 0.554. The van der Waals surface area contributed by atoms with Gasteiger partial charge in [-0.25, -0.2) is 0 Å². The molecule has 1 unspecified atom stereocenters. The minimum Gasteiger partial charge on any atom is -0.381 e. The molecule has 3 rings (SSSR count). The van der Waals surface area contributed by atoms with Crippen molar-refractivity contribution in [3.8, 4) is 0 Å². The summed E-state index contributed by atoms with van der Waals surface area (Å²) in [5, 5.41) is 14.8. The molecule has 0 bridgehead atoms. The van der Waals surface area contributed by atoms with Crippen molar-refractivity contribution in [3.63, 3.8) is 0 Å². The number of thiophene rings is 1. The maximum absolute atomic E-state index is 11.1. The molecule has 1 nitrogen and oxygen atoms in total. The first-order valence-electron chi connectivity index (χ1n) is 6.15. The fraction of sp³-hybridized carbons (Fsp3) is 0.125. The second-order valence-electron chi connectivity index (χ2n) is 4.84. The van der Waals surface area contributed by atoms with Gasteiger partial charge >= 0.3 is 0 Å². The molecular weight excluding hydrogens is 356 g/mol. The predicted molar refractivity (Wildman–Crippen MR) is 89.6 cm³/mol. The van der Waals surface area contributed by atoms with E-state index in [0.29, 0.717) is 10.6 Å². The third-order valence-electron chi connectivity index (χ3n) is 3.46. The summed E-state index contributed by atoms with van der Waals surface area (Å²) in [5.74, 6) is 0. The molecule has 0 saturated carbocycles. The van der Waals surface area contributed by atoms with Crippen LogP contribution in [0.15, 0.2) is 52.3 Å². The summed E-state index contributed by atoms with van der Waals surface area (Å²) in [6, 6.07) is 13.6. The summed E-state index contributed by atoms with van der Waals surface area (Å²) >= 11 is 11.3. The number of hydrogen-bond donors (Lipinski definition) is 1. The average molecular weight is 368 g/mol. The second kappa shape index (κ2) is 5.15. The summed E-state index contributed by atoms with van der Waals surface area (Å²) in [4.78, 5) is 0. The Balaban J connectivity index is 2.23. The zero-order valence-corrected chi connectivity index (χ0v) is 13.9. The molecule has 0 amide bonds. The molecular formula is C16H12BrClOS. The van der Waals surface area contributed by atoms with Gasteiger partial charge in [0.05, 0.1) is 0 Å². The van der Waals surface area contributed by atoms with E-state index in [1.165, 1.54) is 0 Å². The zero-order chi connectivity index (χ0) is 14.3. The van der Waals surface area contributed by atoms with Crippen LogP contribution in [0.25, 0.3) is 10.1 Å². The van der Waals surface area contributed by atoms with Gasteiger partial charge in [0, 0.05) is 25.3 Å². The van der Waals surface area contributed by atoms with Crippen LogP contribution >= 0.6 is 38.9 Å². The lowest BCUT2D eigenvalue weighted by Gasteiger charge is -2.26. The molecule has 1 N–H and O–H groups in total. The molecule has 1 heterocycles. The highest BCUT2D eigenvalue weighted by Gasteiger charge is 2.30. The van der Waals surface area contributed by atoms with Crippen molar-refractivity contribution in [2.45, 2.75) is 12.5 Å². The zero-order valence-electron chi connectivity index (χ0n) is 10.7. The van der Waals surface area contributed by atoms with Gasteiger partial charge in [0.15, 0.2) is 0 Å². The standard InChI is InChI=1S/C16H12BrClOS/c1-16(19,12-6-5-11(17)9-14(12)18)13-4-2-3-10-7-8-20-15(10)13/h2-9,19H,1H3. The van der Waals surface area contributed by atoms with Gasteiger partial charge in [-0.1, -0.05) is 51.8 Å². The summed E-state index contributed by atoms with van der Waals surface area (Å²) < 4.78 is 1.99. The fourth-order valence-corrected chi connectivity index (χ4v) is 4.28. The Morgan fingerprint density at radius 2 is 1.95 bits per heavy atom. The van der Waals surface area contributed by atoms with Gasteiger partial charge < -0.3 is 5.11 Å². The van der Waals surface area contributed by atoms with E-state index in [1.807, 2.05) is 29.6 Å². The molecule has 0 saturated heterocycles. The SMILES string of the molecule is CC(O)(c1ccc(Br)cc1Cl)c1cccc2ccsc12. The summed E-state index contributed by atoms with van der Waals surface area (Å²) in [5.41, 5.74) is 0.472. The van der Waals surface area contributed by atoms with Crippen LogP contribution in [0, 0.1) is 0 Å². The highest BCUT2D eigenvalue weighted by atomic mass is 79.9. The number of hydrogen-bond acceptors (Lipinski definition) is 2. The van der Waals surface area contributed by atoms with Gasteiger partial charge in [-0.05, 0) is 35.9 Å². The van der Waals surface area contributed by atoms with E-state index in [1.54, 1.807) is 24.3 Å². The van der Waals surface area contributed by atoms with Crippen molar-refractivity contribution in [2.24, 2.45) is 0 Å². The predicted octanol–water partition coefficient (Wildman–Crippen LogP) is 5.57. The highest BCUT2D eigenvalue weighted by molar-refractivity contribution is 9.10. The molecule has 0 aliphatic heterocycles. The molecule has 0 radical (unpaired) electrons. The summed E-state index contributed by atoms with van der Waals surface area (Å²) in [6.07, 6.45) is 0. The third-order valence-corrected chi connectivity index (χ3v) is 5.23. The average Bonchev–Trinajstić information content (AvgIpc) is 2.85. The van der Waals surface area contributed by atoms with E-state index in [-0.39, 0.29) is 0 Å². The quantitative estimate of drug-likeness (QED) is 0.627. The van der Waals surface area contributed by atoms with Crippen LogP contribution in [0.1, 0.15) is 18.1 Å². The molecule has 0 fully saturated rings. The molecule has 102 valence electrons. The lowest BCUT2D eigenvalue weighted by Crippen LogP contribution is -2.23. The maximum Gasteiger partial charge on any atom is 0.115 e. The largest absolute Gasteiger partial charge is 0.381 e. The second-order valence-corrected chi connectivity index (χ2v) is 7.08. The Morgan fingerprint density at radius 1 is 1.15 bits per heavy atom. The molecule has 0 aliphatic rings. The van der Waals surface area contributed by atoms with E-state index in [4.69, 9.17) is 11.6 Å². The van der Waals surface area contributed by atoms with Crippen molar-refractivity contribution in [3.05, 3.63) is 68.5 Å². The minimum atomic E-state index is -1.12. The Hall–Kier alpha value is -0.870. The van der Waals surface area contributed by atoms with Crippen molar-refractivity contribution >= 4 is 49.0 Å². The Bertz CT molecular complexity index is 779. The van der Waals surface area contributed by atoms with E-state index in [0.717, 1.165) is 20.1 Å². The third kappa shape index (κ3) is 2.29. The first-order chi connectivity index (χ1) is 9.50. The van der Waals surface area contributed by atoms with Crippen molar-refractivity contribution in [1.82, 2.24) is 0 Å². The molecule has 4 heteroatoms. The van der Waals surface area contributed by atoms with Gasteiger partial charge in [-0.3, -0.25) is 0 Å². The smallest absolute Gasteiger partial charge is 0.115 e. The molecule has 3 aromatic rings. The number of aliphatic hydroxyl groups is 1. The monoisotopic (exact) mass is 366 g/mol. The van der Waals surface area contributed by atoms with Crippen molar-refractivity contribution in [1.29, 1.82) is 0 Å². The Kier molecular flexibility index (Phi) is 3.63. The van der Waals surface area contributed by atoms with Crippen LogP contribution in [-0.4, -0.2) is 5.11 Å². The van der Waals surface area contributed by atoms with Crippen LogP contribution in [0.2, 0.25) is 5.02 Å².